The van der Waals surface area contributed by atoms with Gasteiger partial charge in [-0.15, -0.1) is 24.0 Å². The third kappa shape index (κ3) is 7.48. The van der Waals surface area contributed by atoms with Crippen molar-refractivity contribution in [1.29, 1.82) is 0 Å². The standard InChI is InChI=1S/C18H23ClN4O.HI/c1-3-10-24-17-9-8-14(11-21-17)12-22-18(20-2)23-13-15-6-4-5-7-16(15)19;/h4-9,11H,3,10,12-13H2,1-2H3,(H2,20,22,23);1H. The van der Waals surface area contributed by atoms with Crippen molar-refractivity contribution in [2.24, 2.45) is 4.99 Å². The lowest BCUT2D eigenvalue weighted by Crippen LogP contribution is -2.36. The van der Waals surface area contributed by atoms with Crippen LogP contribution in [0, 0.1) is 0 Å². The summed E-state index contributed by atoms with van der Waals surface area (Å²) in [6, 6.07) is 11.6. The minimum absolute atomic E-state index is 0. The van der Waals surface area contributed by atoms with Crippen LogP contribution in [0.2, 0.25) is 5.02 Å². The molecule has 2 N–H and O–H groups in total. The molecule has 2 aromatic rings. The average molecular weight is 475 g/mol. The van der Waals surface area contributed by atoms with Gasteiger partial charge in [-0.2, -0.15) is 0 Å². The Labute approximate surface area is 171 Å². The van der Waals surface area contributed by atoms with Crippen LogP contribution in [-0.2, 0) is 13.1 Å². The molecule has 0 atom stereocenters. The number of hydrogen-bond donors (Lipinski definition) is 2. The number of halogens is 2. The highest BCUT2D eigenvalue weighted by molar-refractivity contribution is 14.0. The normalized spacial score (nSPS) is 10.8. The summed E-state index contributed by atoms with van der Waals surface area (Å²) in [5.41, 5.74) is 2.08. The second-order valence-electron chi connectivity index (χ2n) is 5.22. The molecule has 25 heavy (non-hydrogen) atoms. The number of rotatable bonds is 7. The highest BCUT2D eigenvalue weighted by Gasteiger charge is 2.02. The van der Waals surface area contributed by atoms with Crippen molar-refractivity contribution in [3.05, 3.63) is 58.7 Å². The van der Waals surface area contributed by atoms with E-state index in [1.54, 1.807) is 13.2 Å². The zero-order valence-corrected chi connectivity index (χ0v) is 17.5. The summed E-state index contributed by atoms with van der Waals surface area (Å²) in [6.07, 6.45) is 2.78. The molecule has 0 aliphatic carbocycles. The van der Waals surface area contributed by atoms with Crippen molar-refractivity contribution in [2.75, 3.05) is 13.7 Å². The Balaban J connectivity index is 0.00000312. The minimum Gasteiger partial charge on any atom is -0.478 e. The number of nitrogens with one attached hydrogen (secondary N) is 2. The second kappa shape index (κ2) is 11.9. The average Bonchev–Trinajstić information content (AvgIpc) is 2.62. The van der Waals surface area contributed by atoms with E-state index < -0.39 is 0 Å². The minimum atomic E-state index is 0. The summed E-state index contributed by atoms with van der Waals surface area (Å²) in [5.74, 6) is 1.36. The Kier molecular flexibility index (Phi) is 10.3. The van der Waals surface area contributed by atoms with Crippen molar-refractivity contribution >= 4 is 41.5 Å². The Bertz CT molecular complexity index is 664. The van der Waals surface area contributed by atoms with Gasteiger partial charge in [-0.1, -0.05) is 42.8 Å². The maximum absolute atomic E-state index is 6.15. The van der Waals surface area contributed by atoms with Crippen molar-refractivity contribution in [1.82, 2.24) is 15.6 Å². The molecule has 0 fully saturated rings. The molecule has 1 aromatic carbocycles. The summed E-state index contributed by atoms with van der Waals surface area (Å²) < 4.78 is 5.48. The Morgan fingerprint density at radius 2 is 1.92 bits per heavy atom. The summed E-state index contributed by atoms with van der Waals surface area (Å²) in [4.78, 5) is 8.50. The predicted octanol–water partition coefficient (Wildman–Crippen LogP) is 4.01. The van der Waals surface area contributed by atoms with Crippen LogP contribution in [0.15, 0.2) is 47.6 Å². The van der Waals surface area contributed by atoms with Crippen LogP contribution in [0.4, 0.5) is 0 Å². The van der Waals surface area contributed by atoms with E-state index in [0.29, 0.717) is 31.5 Å². The molecule has 5 nitrogen and oxygen atoms in total. The van der Waals surface area contributed by atoms with Crippen molar-refractivity contribution < 1.29 is 4.74 Å². The molecule has 0 amide bonds. The summed E-state index contributed by atoms with van der Waals surface area (Å²) in [7, 11) is 1.74. The van der Waals surface area contributed by atoms with Gasteiger partial charge in [0, 0.05) is 37.4 Å². The van der Waals surface area contributed by atoms with E-state index in [1.807, 2.05) is 36.4 Å². The van der Waals surface area contributed by atoms with E-state index in [-0.39, 0.29) is 24.0 Å². The number of hydrogen-bond acceptors (Lipinski definition) is 3. The van der Waals surface area contributed by atoms with Gasteiger partial charge in [0.1, 0.15) is 0 Å². The van der Waals surface area contributed by atoms with Gasteiger partial charge in [-0.05, 0) is 23.6 Å². The third-order valence-electron chi connectivity index (χ3n) is 3.34. The summed E-state index contributed by atoms with van der Waals surface area (Å²) in [5, 5.41) is 7.24. The van der Waals surface area contributed by atoms with Crippen LogP contribution >= 0.6 is 35.6 Å². The van der Waals surface area contributed by atoms with Crippen LogP contribution in [0.1, 0.15) is 24.5 Å². The number of benzene rings is 1. The molecule has 0 unspecified atom stereocenters. The Morgan fingerprint density at radius 3 is 2.56 bits per heavy atom. The van der Waals surface area contributed by atoms with Crippen molar-refractivity contribution in [3.63, 3.8) is 0 Å². The number of aliphatic imine (C=N–C) groups is 1. The van der Waals surface area contributed by atoms with Crippen LogP contribution < -0.4 is 15.4 Å². The molecule has 0 saturated heterocycles. The van der Waals surface area contributed by atoms with E-state index >= 15 is 0 Å². The SMILES string of the molecule is CCCOc1ccc(CNC(=NC)NCc2ccccc2Cl)cn1.I. The molecule has 0 bridgehead atoms. The van der Waals surface area contributed by atoms with Crippen LogP contribution in [0.3, 0.4) is 0 Å². The molecule has 1 aromatic heterocycles. The fraction of sp³-hybridized carbons (Fsp3) is 0.333. The van der Waals surface area contributed by atoms with Crippen LogP contribution in [0.5, 0.6) is 5.88 Å². The maximum atomic E-state index is 6.15. The molecule has 0 aliphatic rings. The molecular formula is C18H24ClIN4O. The smallest absolute Gasteiger partial charge is 0.213 e. The number of nitrogens with zero attached hydrogens (tertiary/aromatic N) is 2. The van der Waals surface area contributed by atoms with E-state index in [4.69, 9.17) is 16.3 Å². The first kappa shape index (κ1) is 21.5. The monoisotopic (exact) mass is 474 g/mol. The molecule has 0 aliphatic heterocycles. The molecule has 0 radical (unpaired) electrons. The molecule has 2 rings (SSSR count). The van der Waals surface area contributed by atoms with Crippen molar-refractivity contribution in [2.45, 2.75) is 26.4 Å². The fourth-order valence-electron chi connectivity index (χ4n) is 2.03. The van der Waals surface area contributed by atoms with Gasteiger partial charge in [0.15, 0.2) is 5.96 Å². The lowest BCUT2D eigenvalue weighted by molar-refractivity contribution is 0.305. The van der Waals surface area contributed by atoms with Crippen molar-refractivity contribution in [3.8, 4) is 5.88 Å². The third-order valence-corrected chi connectivity index (χ3v) is 3.71. The molecule has 136 valence electrons. The van der Waals surface area contributed by atoms with E-state index in [1.165, 1.54) is 0 Å². The number of aromatic nitrogens is 1. The molecular weight excluding hydrogens is 451 g/mol. The maximum Gasteiger partial charge on any atom is 0.213 e. The molecule has 1 heterocycles. The van der Waals surface area contributed by atoms with Gasteiger partial charge >= 0.3 is 0 Å². The lowest BCUT2D eigenvalue weighted by Gasteiger charge is -2.13. The van der Waals surface area contributed by atoms with E-state index in [0.717, 1.165) is 22.6 Å². The highest BCUT2D eigenvalue weighted by Crippen LogP contribution is 2.14. The topological polar surface area (TPSA) is 58.5 Å². The first-order valence-electron chi connectivity index (χ1n) is 7.98. The molecule has 0 saturated carbocycles. The number of guanidine groups is 1. The summed E-state index contributed by atoms with van der Waals surface area (Å²) in [6.45, 7) is 3.99. The highest BCUT2D eigenvalue weighted by atomic mass is 127. The zero-order valence-electron chi connectivity index (χ0n) is 14.5. The first-order chi connectivity index (χ1) is 11.7. The Hall–Kier alpha value is -1.54. The molecule has 7 heteroatoms. The van der Waals surface area contributed by atoms with Gasteiger partial charge in [-0.25, -0.2) is 4.98 Å². The lowest BCUT2D eigenvalue weighted by atomic mass is 10.2. The number of ether oxygens (including phenoxy) is 1. The van der Waals surface area contributed by atoms with E-state index in [9.17, 15) is 0 Å². The van der Waals surface area contributed by atoms with Gasteiger partial charge in [0.2, 0.25) is 5.88 Å². The van der Waals surface area contributed by atoms with Gasteiger partial charge in [0.25, 0.3) is 0 Å². The van der Waals surface area contributed by atoms with Crippen LogP contribution in [-0.4, -0.2) is 24.6 Å². The quantitative estimate of drug-likeness (QED) is 0.362. The predicted molar refractivity (Wildman–Crippen MR) is 114 cm³/mol. The van der Waals surface area contributed by atoms with Gasteiger partial charge in [-0.3, -0.25) is 4.99 Å². The molecule has 0 spiro atoms. The van der Waals surface area contributed by atoms with Crippen LogP contribution in [0.25, 0.3) is 0 Å². The Morgan fingerprint density at radius 1 is 1.16 bits per heavy atom. The fourth-order valence-corrected chi connectivity index (χ4v) is 2.24. The van der Waals surface area contributed by atoms with Gasteiger partial charge in [0.05, 0.1) is 6.61 Å². The summed E-state index contributed by atoms with van der Waals surface area (Å²) >= 11 is 6.15. The zero-order chi connectivity index (χ0) is 17.2. The first-order valence-corrected chi connectivity index (χ1v) is 8.36. The van der Waals surface area contributed by atoms with Gasteiger partial charge < -0.3 is 15.4 Å². The van der Waals surface area contributed by atoms with E-state index in [2.05, 4.69) is 27.5 Å². The number of pyridine rings is 1. The largest absolute Gasteiger partial charge is 0.478 e. The second-order valence-corrected chi connectivity index (χ2v) is 5.63.